The number of amides is 1. The number of hydrogen-bond donors (Lipinski definition) is 1. The second kappa shape index (κ2) is 10.4. The van der Waals surface area contributed by atoms with Gasteiger partial charge in [0.1, 0.15) is 5.82 Å². The van der Waals surface area contributed by atoms with Gasteiger partial charge in [-0.05, 0) is 52.7 Å². The molecule has 0 atom stereocenters. The Bertz CT molecular complexity index is 1020. The molecule has 0 spiro atoms. The second-order valence-electron chi connectivity index (χ2n) is 6.12. The van der Waals surface area contributed by atoms with E-state index in [2.05, 4.69) is 31.4 Å². The molecule has 0 radical (unpaired) electrons. The molecule has 0 aliphatic rings. The van der Waals surface area contributed by atoms with Crippen molar-refractivity contribution in [3.8, 4) is 5.69 Å². The van der Waals surface area contributed by atoms with E-state index in [9.17, 15) is 9.59 Å². The molecule has 3 rings (SSSR count). The van der Waals surface area contributed by atoms with Gasteiger partial charge in [-0.2, -0.15) is 0 Å². The lowest BCUT2D eigenvalue weighted by atomic mass is 10.2. The number of thiophene rings is 1. The first-order valence-electron chi connectivity index (χ1n) is 8.80. The van der Waals surface area contributed by atoms with Gasteiger partial charge in [0, 0.05) is 24.9 Å². The summed E-state index contributed by atoms with van der Waals surface area (Å²) >= 11 is 12.3. The van der Waals surface area contributed by atoms with Crippen LogP contribution in [0.15, 0.2) is 45.3 Å². The lowest BCUT2D eigenvalue weighted by Crippen LogP contribution is -2.21. The number of benzene rings is 1. The van der Waals surface area contributed by atoms with Gasteiger partial charge in [0.05, 0.1) is 20.1 Å². The minimum Gasteiger partial charge on any atom is -0.356 e. The largest absolute Gasteiger partial charge is 0.356 e. The highest BCUT2D eigenvalue weighted by atomic mass is 79.9. The van der Waals surface area contributed by atoms with Gasteiger partial charge in [-0.25, -0.2) is 0 Å². The number of carbonyl (C=O) groups is 2. The molecule has 0 saturated heterocycles. The second-order valence-corrected chi connectivity index (χ2v) is 9.96. The Labute approximate surface area is 190 Å². The monoisotopic (exact) mass is 512 g/mol. The summed E-state index contributed by atoms with van der Waals surface area (Å²) < 4.78 is 2.84. The van der Waals surface area contributed by atoms with Crippen molar-refractivity contribution < 1.29 is 9.59 Å². The molecule has 10 heteroatoms. The number of aromatic nitrogens is 3. The minimum atomic E-state index is -0.0590. The highest BCUT2D eigenvalue weighted by Crippen LogP contribution is 2.27. The Balaban J connectivity index is 1.78. The van der Waals surface area contributed by atoms with Crippen LogP contribution in [0.5, 0.6) is 0 Å². The van der Waals surface area contributed by atoms with Gasteiger partial charge in [-0.15, -0.1) is 21.5 Å². The van der Waals surface area contributed by atoms with E-state index in [-0.39, 0.29) is 17.4 Å². The van der Waals surface area contributed by atoms with Gasteiger partial charge < -0.3 is 5.32 Å². The van der Waals surface area contributed by atoms with Crippen LogP contribution >= 0.6 is 50.6 Å². The zero-order chi connectivity index (χ0) is 20.8. The number of aryl methyl sites for hydroxylation is 1. The van der Waals surface area contributed by atoms with Gasteiger partial charge >= 0.3 is 0 Å². The van der Waals surface area contributed by atoms with Gasteiger partial charge in [0.15, 0.2) is 10.9 Å². The summed E-state index contributed by atoms with van der Waals surface area (Å²) in [6.07, 6.45) is 1.36. The summed E-state index contributed by atoms with van der Waals surface area (Å²) in [6.45, 7) is 2.05. The van der Waals surface area contributed by atoms with Crippen molar-refractivity contribution >= 4 is 62.3 Å². The predicted octanol–water partition coefficient (Wildman–Crippen LogP) is 4.79. The molecule has 2 aromatic heterocycles. The number of halogens is 2. The van der Waals surface area contributed by atoms with E-state index in [4.69, 9.17) is 11.6 Å². The SMILES string of the molecule is CC(=O)NCCCc1nnc(SCC(=O)c2ccc(Br)s2)n1-c1cccc(Cl)c1. The maximum absolute atomic E-state index is 12.5. The molecular formula is C19H18BrClN4O2S2. The molecule has 2 heterocycles. The van der Waals surface area contributed by atoms with Crippen LogP contribution in [0.4, 0.5) is 0 Å². The van der Waals surface area contributed by atoms with Crippen molar-refractivity contribution in [2.24, 2.45) is 0 Å². The third kappa shape index (κ3) is 6.15. The quantitative estimate of drug-likeness (QED) is 0.253. The number of ketones is 1. The average Bonchev–Trinajstić information content (AvgIpc) is 3.29. The van der Waals surface area contributed by atoms with Crippen LogP contribution in [0, 0.1) is 0 Å². The van der Waals surface area contributed by atoms with Gasteiger partial charge in [0.25, 0.3) is 0 Å². The number of Topliss-reactive ketones (excluding diaryl/α,β-unsaturated/α-hetero) is 1. The molecule has 0 aliphatic carbocycles. The molecule has 1 amide bonds. The first-order chi connectivity index (χ1) is 13.9. The Morgan fingerprint density at radius 1 is 1.28 bits per heavy atom. The lowest BCUT2D eigenvalue weighted by molar-refractivity contribution is -0.118. The molecule has 0 fully saturated rings. The molecule has 0 unspecified atom stereocenters. The van der Waals surface area contributed by atoms with Crippen molar-refractivity contribution in [3.05, 3.63) is 55.9 Å². The highest BCUT2D eigenvalue weighted by molar-refractivity contribution is 9.11. The molecular weight excluding hydrogens is 496 g/mol. The molecule has 0 bridgehead atoms. The van der Waals surface area contributed by atoms with Crippen molar-refractivity contribution in [1.29, 1.82) is 0 Å². The van der Waals surface area contributed by atoms with Crippen LogP contribution in [0.1, 0.15) is 28.8 Å². The summed E-state index contributed by atoms with van der Waals surface area (Å²) in [4.78, 5) is 24.2. The van der Waals surface area contributed by atoms with Gasteiger partial charge in [-0.1, -0.05) is 29.4 Å². The number of thioether (sulfide) groups is 1. The number of carbonyl (C=O) groups excluding carboxylic acids is 2. The molecule has 6 nitrogen and oxygen atoms in total. The Hall–Kier alpha value is -1.68. The Kier molecular flexibility index (Phi) is 7.88. The summed E-state index contributed by atoms with van der Waals surface area (Å²) in [5.74, 6) is 0.999. The first-order valence-corrected chi connectivity index (χ1v) is 11.8. The molecule has 3 aromatic rings. The Morgan fingerprint density at radius 2 is 2.10 bits per heavy atom. The average molecular weight is 514 g/mol. The fourth-order valence-electron chi connectivity index (χ4n) is 2.61. The van der Waals surface area contributed by atoms with E-state index in [1.54, 1.807) is 6.07 Å². The van der Waals surface area contributed by atoms with Crippen molar-refractivity contribution in [3.63, 3.8) is 0 Å². The van der Waals surface area contributed by atoms with Crippen molar-refractivity contribution in [2.75, 3.05) is 12.3 Å². The van der Waals surface area contributed by atoms with E-state index >= 15 is 0 Å². The van der Waals surface area contributed by atoms with Crippen LogP contribution in [-0.2, 0) is 11.2 Å². The van der Waals surface area contributed by atoms with Crippen molar-refractivity contribution in [2.45, 2.75) is 24.9 Å². The molecule has 152 valence electrons. The maximum Gasteiger partial charge on any atom is 0.216 e. The fraction of sp³-hybridized carbons (Fsp3) is 0.263. The minimum absolute atomic E-state index is 0.0403. The number of hydrogen-bond acceptors (Lipinski definition) is 6. The van der Waals surface area contributed by atoms with Crippen LogP contribution in [0.3, 0.4) is 0 Å². The van der Waals surface area contributed by atoms with Crippen LogP contribution in [-0.4, -0.2) is 38.8 Å². The number of nitrogens with one attached hydrogen (secondary N) is 1. The zero-order valence-electron chi connectivity index (χ0n) is 15.5. The highest BCUT2D eigenvalue weighted by Gasteiger charge is 2.17. The molecule has 1 N–H and O–H groups in total. The van der Waals surface area contributed by atoms with Crippen LogP contribution in [0.2, 0.25) is 5.02 Å². The molecule has 0 saturated carbocycles. The fourth-order valence-corrected chi connectivity index (χ4v) is 5.06. The normalized spacial score (nSPS) is 10.9. The smallest absolute Gasteiger partial charge is 0.216 e. The number of rotatable bonds is 9. The third-order valence-corrected chi connectivity index (χ3v) is 6.73. The van der Waals surface area contributed by atoms with E-state index < -0.39 is 0 Å². The first kappa shape index (κ1) is 22.0. The summed E-state index contributed by atoms with van der Waals surface area (Å²) in [6, 6.07) is 11.1. The van der Waals surface area contributed by atoms with Crippen LogP contribution in [0.25, 0.3) is 5.69 Å². The third-order valence-electron chi connectivity index (χ3n) is 3.90. The van der Waals surface area contributed by atoms with Crippen molar-refractivity contribution in [1.82, 2.24) is 20.1 Å². The zero-order valence-corrected chi connectivity index (χ0v) is 19.5. The molecule has 1 aromatic carbocycles. The lowest BCUT2D eigenvalue weighted by Gasteiger charge is -2.10. The molecule has 0 aliphatic heterocycles. The van der Waals surface area contributed by atoms with E-state index in [1.165, 1.54) is 30.0 Å². The van der Waals surface area contributed by atoms with Gasteiger partial charge in [0.2, 0.25) is 5.91 Å². The van der Waals surface area contributed by atoms with E-state index in [0.29, 0.717) is 28.0 Å². The summed E-state index contributed by atoms with van der Waals surface area (Å²) in [7, 11) is 0. The van der Waals surface area contributed by atoms with Crippen LogP contribution < -0.4 is 5.32 Å². The maximum atomic E-state index is 12.5. The number of nitrogens with zero attached hydrogens (tertiary/aromatic N) is 3. The molecule has 29 heavy (non-hydrogen) atoms. The predicted molar refractivity (Wildman–Crippen MR) is 120 cm³/mol. The Morgan fingerprint density at radius 3 is 2.79 bits per heavy atom. The topological polar surface area (TPSA) is 76.9 Å². The standard InChI is InChI=1S/C19H18BrClN4O2S2/c1-12(26)22-9-3-6-18-23-24-19(25(18)14-5-2-4-13(21)10-14)28-11-15(27)16-7-8-17(20)29-16/h2,4-5,7-8,10H,3,6,9,11H2,1H3,(H,22,26). The van der Waals surface area contributed by atoms with E-state index in [0.717, 1.165) is 21.7 Å². The van der Waals surface area contributed by atoms with E-state index in [1.807, 2.05) is 34.9 Å². The summed E-state index contributed by atoms with van der Waals surface area (Å²) in [5, 5.41) is 12.6. The van der Waals surface area contributed by atoms with Gasteiger partial charge in [-0.3, -0.25) is 14.2 Å². The summed E-state index contributed by atoms with van der Waals surface area (Å²) in [5.41, 5.74) is 0.839.